The second-order valence-corrected chi connectivity index (χ2v) is 7.78. The second kappa shape index (κ2) is 10.00. The number of benzene rings is 2. The molecule has 0 saturated heterocycles. The smallest absolute Gasteiger partial charge is 0.217 e. The van der Waals surface area contributed by atoms with Crippen LogP contribution in [0.25, 0.3) is 0 Å². The summed E-state index contributed by atoms with van der Waals surface area (Å²) in [4.78, 5) is 11.7. The first-order chi connectivity index (χ1) is 14.4. The number of hydrogen-bond acceptors (Lipinski definition) is 4. The second-order valence-electron chi connectivity index (χ2n) is 7.78. The molecule has 0 fully saturated rings. The van der Waals surface area contributed by atoms with Gasteiger partial charge in [0.1, 0.15) is 17.4 Å². The normalized spacial score (nSPS) is 17.6. The van der Waals surface area contributed by atoms with Crippen molar-refractivity contribution in [3.8, 4) is 5.75 Å². The molecule has 1 heterocycles. The van der Waals surface area contributed by atoms with E-state index in [1.165, 1.54) is 24.6 Å². The number of carbonyl (C=O) groups excluding carboxylic acids is 1. The third kappa shape index (κ3) is 5.77. The summed E-state index contributed by atoms with van der Waals surface area (Å²) in [5.41, 5.74) is 9.18. The summed E-state index contributed by atoms with van der Waals surface area (Å²) in [6.45, 7) is 4.56. The first kappa shape index (κ1) is 22.2. The number of aryl methyl sites for hydroxylation is 1. The Bertz CT molecular complexity index is 870. The van der Waals surface area contributed by atoms with Gasteiger partial charge in [-0.2, -0.15) is 0 Å². The Kier molecular flexibility index (Phi) is 7.39. The van der Waals surface area contributed by atoms with Crippen LogP contribution in [0, 0.1) is 11.6 Å². The van der Waals surface area contributed by atoms with Crippen molar-refractivity contribution in [2.24, 2.45) is 5.73 Å². The molecule has 0 aromatic heterocycles. The highest BCUT2D eigenvalue weighted by Crippen LogP contribution is 2.32. The summed E-state index contributed by atoms with van der Waals surface area (Å²) in [7, 11) is 0. The van der Waals surface area contributed by atoms with Crippen LogP contribution in [0.5, 0.6) is 5.75 Å². The van der Waals surface area contributed by atoms with Crippen LogP contribution in [0.2, 0.25) is 0 Å². The Hall–Kier alpha value is -2.51. The van der Waals surface area contributed by atoms with Crippen LogP contribution in [0.4, 0.5) is 8.78 Å². The van der Waals surface area contributed by atoms with Gasteiger partial charge in [0.25, 0.3) is 0 Å². The summed E-state index contributed by atoms with van der Waals surface area (Å²) in [5, 5.41) is 6.31. The summed E-state index contributed by atoms with van der Waals surface area (Å²) >= 11 is 0. The molecule has 0 bridgehead atoms. The van der Waals surface area contributed by atoms with E-state index in [1.807, 2.05) is 6.07 Å². The van der Waals surface area contributed by atoms with Gasteiger partial charge in [0, 0.05) is 49.6 Å². The van der Waals surface area contributed by atoms with Crippen molar-refractivity contribution in [1.82, 2.24) is 10.6 Å². The lowest BCUT2D eigenvalue weighted by molar-refractivity contribution is -0.119. The van der Waals surface area contributed by atoms with Crippen molar-refractivity contribution in [3.63, 3.8) is 0 Å². The van der Waals surface area contributed by atoms with E-state index in [9.17, 15) is 13.6 Å². The van der Waals surface area contributed by atoms with Crippen molar-refractivity contribution >= 4 is 5.91 Å². The van der Waals surface area contributed by atoms with Crippen LogP contribution in [0.15, 0.2) is 36.4 Å². The largest absolute Gasteiger partial charge is 0.493 e. The zero-order valence-electron chi connectivity index (χ0n) is 17.4. The van der Waals surface area contributed by atoms with Gasteiger partial charge >= 0.3 is 0 Å². The fourth-order valence-corrected chi connectivity index (χ4v) is 3.85. The van der Waals surface area contributed by atoms with E-state index in [4.69, 9.17) is 10.5 Å². The lowest BCUT2D eigenvalue weighted by Crippen LogP contribution is -2.53. The number of rotatable bonds is 8. The maximum atomic E-state index is 13.6. The van der Waals surface area contributed by atoms with Crippen molar-refractivity contribution in [3.05, 3.63) is 64.7 Å². The Morgan fingerprint density at radius 1 is 1.20 bits per heavy atom. The SMILES string of the molecule is CCc1ccc2c(c1)[C@@H](NC[C@@H](N)[C@H](Cc1cc(F)cc(F)c1)NC(C)=O)CCO2. The lowest BCUT2D eigenvalue weighted by Gasteiger charge is -2.30. The summed E-state index contributed by atoms with van der Waals surface area (Å²) in [5.74, 6) is -0.665. The molecule has 5 nitrogen and oxygen atoms in total. The Morgan fingerprint density at radius 3 is 2.60 bits per heavy atom. The number of carbonyl (C=O) groups is 1. The average molecular weight is 418 g/mol. The molecular weight excluding hydrogens is 388 g/mol. The Morgan fingerprint density at radius 2 is 1.93 bits per heavy atom. The highest BCUT2D eigenvalue weighted by Gasteiger charge is 2.25. The molecule has 7 heteroatoms. The zero-order valence-corrected chi connectivity index (χ0v) is 17.4. The minimum atomic E-state index is -0.649. The predicted molar refractivity (Wildman–Crippen MR) is 112 cm³/mol. The van der Waals surface area contributed by atoms with Crippen molar-refractivity contribution < 1.29 is 18.3 Å². The predicted octanol–water partition coefficient (Wildman–Crippen LogP) is 3.02. The molecule has 0 spiro atoms. The molecule has 30 heavy (non-hydrogen) atoms. The molecule has 2 aromatic rings. The van der Waals surface area contributed by atoms with E-state index in [0.717, 1.165) is 30.2 Å². The van der Waals surface area contributed by atoms with E-state index < -0.39 is 23.7 Å². The van der Waals surface area contributed by atoms with Gasteiger partial charge in [-0.3, -0.25) is 4.79 Å². The maximum Gasteiger partial charge on any atom is 0.217 e. The van der Waals surface area contributed by atoms with Gasteiger partial charge in [-0.05, 0) is 42.2 Å². The molecule has 0 saturated carbocycles. The van der Waals surface area contributed by atoms with Crippen molar-refractivity contribution in [1.29, 1.82) is 0 Å². The van der Waals surface area contributed by atoms with Gasteiger partial charge in [-0.15, -0.1) is 0 Å². The third-order valence-corrected chi connectivity index (χ3v) is 5.41. The molecule has 3 atom stereocenters. The van der Waals surface area contributed by atoms with Crippen molar-refractivity contribution in [2.45, 2.75) is 51.2 Å². The quantitative estimate of drug-likeness (QED) is 0.617. The van der Waals surface area contributed by atoms with Crippen LogP contribution in [-0.2, 0) is 17.6 Å². The van der Waals surface area contributed by atoms with E-state index in [1.54, 1.807) is 0 Å². The highest BCUT2D eigenvalue weighted by atomic mass is 19.1. The first-order valence-electron chi connectivity index (χ1n) is 10.3. The molecular formula is C23H29F2N3O2. The monoisotopic (exact) mass is 417 g/mol. The van der Waals surface area contributed by atoms with Crippen LogP contribution in [-0.4, -0.2) is 31.1 Å². The number of ether oxygens (including phenoxy) is 1. The molecule has 0 unspecified atom stereocenters. The summed E-state index contributed by atoms with van der Waals surface area (Å²) in [6, 6.07) is 8.76. The van der Waals surface area contributed by atoms with Gasteiger partial charge in [-0.1, -0.05) is 19.1 Å². The molecule has 2 aromatic carbocycles. The van der Waals surface area contributed by atoms with E-state index in [-0.39, 0.29) is 18.4 Å². The Balaban J connectivity index is 1.69. The number of nitrogens with two attached hydrogens (primary N) is 1. The molecule has 3 rings (SSSR count). The summed E-state index contributed by atoms with van der Waals surface area (Å²) in [6.07, 6.45) is 1.99. The molecule has 1 aliphatic rings. The van der Waals surface area contributed by atoms with E-state index in [2.05, 4.69) is 29.7 Å². The fourth-order valence-electron chi connectivity index (χ4n) is 3.85. The Labute approximate surface area is 176 Å². The molecule has 1 aliphatic heterocycles. The standard InChI is InChI=1S/C23H29F2N3O2/c1-3-15-4-5-23-19(10-15)21(6-7-30-23)27-13-20(26)22(28-14(2)29)11-16-8-17(24)12-18(25)9-16/h4-5,8-10,12,20-22,27H,3,6-7,11,13,26H2,1-2H3,(H,28,29)/t20-,21+,22+/m1/s1. The number of fused-ring (bicyclic) bond motifs is 1. The minimum Gasteiger partial charge on any atom is -0.493 e. The molecule has 0 radical (unpaired) electrons. The van der Waals surface area contributed by atoms with Crippen LogP contribution in [0.1, 0.15) is 43.0 Å². The molecule has 162 valence electrons. The summed E-state index contributed by atoms with van der Waals surface area (Å²) < 4.78 is 32.9. The van der Waals surface area contributed by atoms with Crippen LogP contribution in [0.3, 0.4) is 0 Å². The fraction of sp³-hybridized carbons (Fsp3) is 0.435. The van der Waals surface area contributed by atoms with Crippen molar-refractivity contribution in [2.75, 3.05) is 13.2 Å². The highest BCUT2D eigenvalue weighted by molar-refractivity contribution is 5.73. The molecule has 4 N–H and O–H groups in total. The van der Waals surface area contributed by atoms with E-state index in [0.29, 0.717) is 18.7 Å². The number of amides is 1. The van der Waals surface area contributed by atoms with Gasteiger partial charge in [-0.25, -0.2) is 8.78 Å². The van der Waals surface area contributed by atoms with Gasteiger partial charge < -0.3 is 21.1 Å². The molecule has 0 aliphatic carbocycles. The van der Waals surface area contributed by atoms with Crippen LogP contribution < -0.4 is 21.1 Å². The lowest BCUT2D eigenvalue weighted by atomic mass is 9.96. The number of hydrogen-bond donors (Lipinski definition) is 3. The van der Waals surface area contributed by atoms with Gasteiger partial charge in [0.15, 0.2) is 0 Å². The van der Waals surface area contributed by atoms with Gasteiger partial charge in [0.2, 0.25) is 5.91 Å². The van der Waals surface area contributed by atoms with Gasteiger partial charge in [0.05, 0.1) is 6.61 Å². The number of halogens is 2. The zero-order chi connectivity index (χ0) is 21.7. The number of nitrogens with one attached hydrogen (secondary N) is 2. The first-order valence-corrected chi connectivity index (χ1v) is 10.3. The van der Waals surface area contributed by atoms with Crippen LogP contribution >= 0.6 is 0 Å². The average Bonchev–Trinajstić information content (AvgIpc) is 2.70. The topological polar surface area (TPSA) is 76.4 Å². The third-order valence-electron chi connectivity index (χ3n) is 5.41. The molecule has 1 amide bonds. The minimum absolute atomic E-state index is 0.0934. The van der Waals surface area contributed by atoms with E-state index >= 15 is 0 Å². The maximum absolute atomic E-state index is 13.6.